The van der Waals surface area contributed by atoms with E-state index in [9.17, 15) is 19.8 Å². The van der Waals surface area contributed by atoms with E-state index in [-0.39, 0.29) is 24.9 Å². The van der Waals surface area contributed by atoms with Crippen molar-refractivity contribution >= 4 is 11.9 Å². The van der Waals surface area contributed by atoms with Gasteiger partial charge in [0.2, 0.25) is 5.91 Å². The highest BCUT2D eigenvalue weighted by Crippen LogP contribution is 2.17. The van der Waals surface area contributed by atoms with Crippen molar-refractivity contribution in [2.24, 2.45) is 0 Å². The average molecular weight is 856 g/mol. The number of nitrogens with one attached hydrogen (secondary N) is 1. The molecule has 3 atom stereocenters. The second-order valence-corrected chi connectivity index (χ2v) is 17.9. The standard InChI is InChI=1S/C55H101NO5/c1-4-7-10-13-16-19-22-24-25-26-27-28-29-30-33-36-39-42-45-48-55(60)61-51(46-43-40-37-34-32-23-20-17-14-11-8-5-2)49-54(59)56-52(50-57)53(58)47-44-41-38-35-31-21-18-15-12-9-6-3/h8,11,17,20,24-25,32,34,51-53,57-58H,4-7,9-10,12-16,18-19,21-23,26-31,33,35-50H2,1-3H3,(H,56,59)/b11-8+,20-17+,25-24+,34-32+. The van der Waals surface area contributed by atoms with Crippen molar-refractivity contribution in [3.05, 3.63) is 48.6 Å². The minimum atomic E-state index is -0.797. The maximum atomic E-state index is 13.2. The molecule has 0 aliphatic rings. The van der Waals surface area contributed by atoms with Gasteiger partial charge in [0.05, 0.1) is 25.2 Å². The number of hydrogen-bond donors (Lipinski definition) is 3. The molecular formula is C55H101NO5. The molecule has 0 radical (unpaired) electrons. The number of hydrogen-bond acceptors (Lipinski definition) is 5. The smallest absolute Gasteiger partial charge is 0.306 e. The summed E-state index contributed by atoms with van der Waals surface area (Å²) in [5.41, 5.74) is 0. The van der Waals surface area contributed by atoms with E-state index >= 15 is 0 Å². The van der Waals surface area contributed by atoms with Crippen molar-refractivity contribution in [1.82, 2.24) is 5.32 Å². The highest BCUT2D eigenvalue weighted by molar-refractivity contribution is 5.77. The van der Waals surface area contributed by atoms with Gasteiger partial charge in [-0.25, -0.2) is 0 Å². The number of carbonyl (C=O) groups excluding carboxylic acids is 2. The van der Waals surface area contributed by atoms with Gasteiger partial charge in [-0.15, -0.1) is 0 Å². The van der Waals surface area contributed by atoms with Gasteiger partial charge in [-0.2, -0.15) is 0 Å². The molecule has 3 unspecified atom stereocenters. The first-order valence-electron chi connectivity index (χ1n) is 26.4. The van der Waals surface area contributed by atoms with Crippen LogP contribution in [0.4, 0.5) is 0 Å². The molecule has 6 heteroatoms. The number of esters is 1. The Bertz CT molecular complexity index is 1050. The van der Waals surface area contributed by atoms with Crippen LogP contribution in [0.5, 0.6) is 0 Å². The van der Waals surface area contributed by atoms with E-state index in [4.69, 9.17) is 4.74 Å². The highest BCUT2D eigenvalue weighted by atomic mass is 16.5. The summed E-state index contributed by atoms with van der Waals surface area (Å²) in [6.45, 7) is 6.35. The summed E-state index contributed by atoms with van der Waals surface area (Å²) in [5.74, 6) is -0.509. The fourth-order valence-electron chi connectivity index (χ4n) is 7.91. The van der Waals surface area contributed by atoms with Crippen LogP contribution in [0.1, 0.15) is 265 Å². The molecule has 0 aliphatic heterocycles. The van der Waals surface area contributed by atoms with Crippen molar-refractivity contribution in [3.63, 3.8) is 0 Å². The molecule has 61 heavy (non-hydrogen) atoms. The lowest BCUT2D eigenvalue weighted by atomic mass is 10.0. The van der Waals surface area contributed by atoms with Crippen LogP contribution in [0, 0.1) is 0 Å². The Morgan fingerprint density at radius 2 is 0.885 bits per heavy atom. The van der Waals surface area contributed by atoms with E-state index in [0.717, 1.165) is 77.0 Å². The fourth-order valence-corrected chi connectivity index (χ4v) is 7.91. The van der Waals surface area contributed by atoms with E-state index < -0.39 is 18.2 Å². The molecule has 6 nitrogen and oxygen atoms in total. The molecule has 0 spiro atoms. The summed E-state index contributed by atoms with van der Waals surface area (Å²) in [6, 6.07) is -0.712. The van der Waals surface area contributed by atoms with Gasteiger partial charge in [-0.3, -0.25) is 9.59 Å². The second kappa shape index (κ2) is 48.8. The third-order valence-corrected chi connectivity index (χ3v) is 11.9. The molecule has 356 valence electrons. The minimum absolute atomic E-state index is 0.0516. The van der Waals surface area contributed by atoms with Crippen molar-refractivity contribution in [2.75, 3.05) is 6.61 Å². The predicted molar refractivity (Wildman–Crippen MR) is 264 cm³/mol. The zero-order valence-electron chi connectivity index (χ0n) is 40.5. The Hall–Kier alpha value is -2.18. The van der Waals surface area contributed by atoms with Crippen LogP contribution in [-0.4, -0.2) is 46.9 Å². The lowest BCUT2D eigenvalue weighted by molar-refractivity contribution is -0.151. The minimum Gasteiger partial charge on any atom is -0.462 e. The number of allylic oxidation sites excluding steroid dienone is 8. The molecule has 0 bridgehead atoms. The molecule has 1 amide bonds. The van der Waals surface area contributed by atoms with Gasteiger partial charge in [0, 0.05) is 6.42 Å². The molecule has 0 fully saturated rings. The van der Waals surface area contributed by atoms with Crippen LogP contribution in [0.3, 0.4) is 0 Å². The number of ether oxygens (including phenoxy) is 1. The van der Waals surface area contributed by atoms with E-state index in [1.165, 1.54) is 141 Å². The highest BCUT2D eigenvalue weighted by Gasteiger charge is 2.24. The molecule has 0 rings (SSSR count). The Labute approximate surface area is 378 Å². The molecule has 0 saturated carbocycles. The summed E-state index contributed by atoms with van der Waals surface area (Å²) in [4.78, 5) is 26.1. The molecule has 0 heterocycles. The largest absolute Gasteiger partial charge is 0.462 e. The SMILES string of the molecule is CC/C=C/C/C=C/C/C=C/CCCCC(CC(=O)NC(CO)C(O)CCCCCCCCCCCCC)OC(=O)CCCCCCCCCCC/C=C/CCCCCCCC. The Morgan fingerprint density at radius 1 is 0.492 bits per heavy atom. The molecular weight excluding hydrogens is 755 g/mol. The molecule has 0 saturated heterocycles. The molecule has 0 aliphatic carbocycles. The van der Waals surface area contributed by atoms with Crippen molar-refractivity contribution in [3.8, 4) is 0 Å². The van der Waals surface area contributed by atoms with Crippen LogP contribution in [0.25, 0.3) is 0 Å². The van der Waals surface area contributed by atoms with Crippen LogP contribution in [0.2, 0.25) is 0 Å². The van der Waals surface area contributed by atoms with E-state index in [1.54, 1.807) is 0 Å². The predicted octanol–water partition coefficient (Wildman–Crippen LogP) is 15.8. The second-order valence-electron chi connectivity index (χ2n) is 17.9. The fraction of sp³-hybridized carbons (Fsp3) is 0.818. The number of aliphatic hydroxyl groups is 2. The third kappa shape index (κ3) is 44.2. The van der Waals surface area contributed by atoms with Gasteiger partial charge in [-0.05, 0) is 83.5 Å². The molecule has 3 N–H and O–H groups in total. The number of carbonyl (C=O) groups is 2. The third-order valence-electron chi connectivity index (χ3n) is 11.9. The normalized spacial score (nSPS) is 13.6. The van der Waals surface area contributed by atoms with Gasteiger partial charge in [0.1, 0.15) is 6.10 Å². The van der Waals surface area contributed by atoms with Gasteiger partial charge in [0.15, 0.2) is 0 Å². The molecule has 0 aromatic carbocycles. The maximum absolute atomic E-state index is 13.2. The first kappa shape index (κ1) is 58.8. The van der Waals surface area contributed by atoms with Gasteiger partial charge >= 0.3 is 5.97 Å². The Kier molecular flexibility index (Phi) is 47.1. The topological polar surface area (TPSA) is 95.9 Å². The van der Waals surface area contributed by atoms with Crippen LogP contribution < -0.4 is 5.32 Å². The number of unbranched alkanes of at least 4 members (excludes halogenated alkanes) is 27. The van der Waals surface area contributed by atoms with Crippen molar-refractivity contribution in [2.45, 2.75) is 283 Å². The van der Waals surface area contributed by atoms with Crippen LogP contribution in [0.15, 0.2) is 48.6 Å². The van der Waals surface area contributed by atoms with E-state index in [2.05, 4.69) is 74.7 Å². The van der Waals surface area contributed by atoms with Crippen LogP contribution >= 0.6 is 0 Å². The lowest BCUT2D eigenvalue weighted by Crippen LogP contribution is -2.46. The van der Waals surface area contributed by atoms with Gasteiger partial charge in [0.25, 0.3) is 0 Å². The number of aliphatic hydroxyl groups excluding tert-OH is 2. The summed E-state index contributed by atoms with van der Waals surface area (Å²) in [5, 5.41) is 23.7. The lowest BCUT2D eigenvalue weighted by Gasteiger charge is -2.24. The number of amides is 1. The summed E-state index contributed by atoms with van der Waals surface area (Å²) < 4.78 is 5.92. The van der Waals surface area contributed by atoms with Crippen LogP contribution in [-0.2, 0) is 14.3 Å². The quantitative estimate of drug-likeness (QED) is 0.0322. The van der Waals surface area contributed by atoms with Gasteiger partial charge in [-0.1, -0.05) is 217 Å². The van der Waals surface area contributed by atoms with E-state index in [1.807, 2.05) is 0 Å². The zero-order valence-corrected chi connectivity index (χ0v) is 40.5. The van der Waals surface area contributed by atoms with E-state index in [0.29, 0.717) is 19.3 Å². The summed E-state index contributed by atoms with van der Waals surface area (Å²) in [7, 11) is 0. The summed E-state index contributed by atoms with van der Waals surface area (Å²) in [6.07, 6.45) is 58.9. The van der Waals surface area contributed by atoms with Crippen molar-refractivity contribution < 1.29 is 24.5 Å². The maximum Gasteiger partial charge on any atom is 0.306 e. The Balaban J connectivity index is 4.53. The summed E-state index contributed by atoms with van der Waals surface area (Å²) >= 11 is 0. The average Bonchev–Trinajstić information content (AvgIpc) is 3.25. The zero-order chi connectivity index (χ0) is 44.5. The van der Waals surface area contributed by atoms with Crippen molar-refractivity contribution in [1.29, 1.82) is 0 Å². The Morgan fingerprint density at radius 3 is 1.38 bits per heavy atom. The molecule has 0 aromatic rings. The number of rotatable bonds is 47. The molecule has 0 aromatic heterocycles. The first-order chi connectivity index (χ1) is 30.0. The first-order valence-corrected chi connectivity index (χ1v) is 26.4. The monoisotopic (exact) mass is 856 g/mol. The van der Waals surface area contributed by atoms with Gasteiger partial charge < -0.3 is 20.3 Å².